The van der Waals surface area contributed by atoms with Crippen LogP contribution in [0.25, 0.3) is 0 Å². The van der Waals surface area contributed by atoms with Gasteiger partial charge in [-0.25, -0.2) is 0 Å². The standard InChI is InChI=1S/C15H14BrCl2N/c1-19(10-11-2-4-13(17)5-3-11)15-7-6-14(18)8-12(15)9-16/h2-8H,9-10H2,1H3. The molecule has 0 aromatic heterocycles. The zero-order chi connectivity index (χ0) is 13.8. The highest BCUT2D eigenvalue weighted by Crippen LogP contribution is 2.26. The van der Waals surface area contributed by atoms with Crippen LogP contribution >= 0.6 is 39.1 Å². The highest BCUT2D eigenvalue weighted by molar-refractivity contribution is 9.08. The third kappa shape index (κ3) is 3.88. The molecule has 0 radical (unpaired) electrons. The molecule has 0 N–H and O–H groups in total. The van der Waals surface area contributed by atoms with Crippen molar-refractivity contribution in [3.63, 3.8) is 0 Å². The number of alkyl halides is 1. The van der Waals surface area contributed by atoms with Gasteiger partial charge in [-0.15, -0.1) is 0 Å². The SMILES string of the molecule is CN(Cc1ccc(Cl)cc1)c1ccc(Cl)cc1CBr. The maximum Gasteiger partial charge on any atom is 0.0426 e. The lowest BCUT2D eigenvalue weighted by molar-refractivity contribution is 0.917. The summed E-state index contributed by atoms with van der Waals surface area (Å²) in [6.07, 6.45) is 0. The molecule has 0 bridgehead atoms. The molecule has 0 saturated carbocycles. The Bertz CT molecular complexity index is 555. The van der Waals surface area contributed by atoms with Crippen LogP contribution in [0.3, 0.4) is 0 Å². The van der Waals surface area contributed by atoms with Crippen molar-refractivity contribution in [2.24, 2.45) is 0 Å². The second-order valence-electron chi connectivity index (χ2n) is 4.39. The number of rotatable bonds is 4. The van der Waals surface area contributed by atoms with Gasteiger partial charge in [0.2, 0.25) is 0 Å². The number of anilines is 1. The second-order valence-corrected chi connectivity index (χ2v) is 5.82. The highest BCUT2D eigenvalue weighted by Gasteiger charge is 2.08. The van der Waals surface area contributed by atoms with E-state index in [2.05, 4.69) is 33.9 Å². The summed E-state index contributed by atoms with van der Waals surface area (Å²) in [4.78, 5) is 2.20. The van der Waals surface area contributed by atoms with Crippen LogP contribution in [0.5, 0.6) is 0 Å². The summed E-state index contributed by atoms with van der Waals surface area (Å²) in [5.41, 5.74) is 3.59. The lowest BCUT2D eigenvalue weighted by Gasteiger charge is -2.22. The van der Waals surface area contributed by atoms with Gasteiger partial charge in [0, 0.05) is 34.7 Å². The first-order valence-corrected chi connectivity index (χ1v) is 7.78. The predicted molar refractivity (Wildman–Crippen MR) is 87.6 cm³/mol. The smallest absolute Gasteiger partial charge is 0.0426 e. The number of nitrogens with zero attached hydrogens (tertiary/aromatic N) is 1. The van der Waals surface area contributed by atoms with Crippen LogP contribution in [0.2, 0.25) is 10.0 Å². The van der Waals surface area contributed by atoms with Gasteiger partial charge >= 0.3 is 0 Å². The van der Waals surface area contributed by atoms with Crippen molar-refractivity contribution >= 4 is 44.8 Å². The van der Waals surface area contributed by atoms with Crippen molar-refractivity contribution in [3.05, 3.63) is 63.6 Å². The predicted octanol–water partition coefficient (Wildman–Crippen LogP) is 5.52. The fraction of sp³-hybridized carbons (Fsp3) is 0.200. The summed E-state index contributed by atoms with van der Waals surface area (Å²) < 4.78 is 0. The minimum atomic E-state index is 0.762. The van der Waals surface area contributed by atoms with Crippen molar-refractivity contribution < 1.29 is 0 Å². The molecule has 2 aromatic carbocycles. The first-order valence-electron chi connectivity index (χ1n) is 5.90. The molecule has 0 spiro atoms. The van der Waals surface area contributed by atoms with E-state index in [0.717, 1.165) is 21.9 Å². The van der Waals surface area contributed by atoms with Crippen LogP contribution in [0.1, 0.15) is 11.1 Å². The van der Waals surface area contributed by atoms with Crippen LogP contribution in [-0.4, -0.2) is 7.05 Å². The summed E-state index contributed by atoms with van der Waals surface area (Å²) in [6.45, 7) is 0.832. The van der Waals surface area contributed by atoms with Crippen LogP contribution in [0.4, 0.5) is 5.69 Å². The van der Waals surface area contributed by atoms with Gasteiger partial charge in [0.1, 0.15) is 0 Å². The summed E-state index contributed by atoms with van der Waals surface area (Å²) in [5.74, 6) is 0. The Labute approximate surface area is 132 Å². The molecule has 4 heteroatoms. The molecule has 0 atom stereocenters. The molecule has 0 aliphatic rings. The van der Waals surface area contributed by atoms with E-state index < -0.39 is 0 Å². The average molecular weight is 359 g/mol. The molecule has 2 rings (SSSR count). The van der Waals surface area contributed by atoms with Gasteiger partial charge in [0.25, 0.3) is 0 Å². The van der Waals surface area contributed by atoms with Crippen LogP contribution < -0.4 is 4.90 Å². The van der Waals surface area contributed by atoms with E-state index in [4.69, 9.17) is 23.2 Å². The Kier molecular flexibility index (Phi) is 5.14. The minimum Gasteiger partial charge on any atom is -0.370 e. The van der Waals surface area contributed by atoms with Gasteiger partial charge < -0.3 is 4.90 Å². The summed E-state index contributed by atoms with van der Waals surface area (Å²) >= 11 is 15.4. The zero-order valence-corrected chi connectivity index (χ0v) is 13.6. The minimum absolute atomic E-state index is 0.762. The van der Waals surface area contributed by atoms with Crippen molar-refractivity contribution in [3.8, 4) is 0 Å². The third-order valence-corrected chi connectivity index (χ3v) is 4.02. The summed E-state index contributed by atoms with van der Waals surface area (Å²) in [5, 5.41) is 2.31. The number of benzene rings is 2. The number of halogens is 3. The van der Waals surface area contributed by atoms with Crippen molar-refractivity contribution in [1.82, 2.24) is 0 Å². The maximum absolute atomic E-state index is 6.02. The quantitative estimate of drug-likeness (QED) is 0.650. The van der Waals surface area contributed by atoms with Gasteiger partial charge in [0.05, 0.1) is 0 Å². The largest absolute Gasteiger partial charge is 0.370 e. The Hall–Kier alpha value is -0.700. The fourth-order valence-electron chi connectivity index (χ4n) is 1.98. The Morgan fingerprint density at radius 3 is 2.26 bits per heavy atom. The second kappa shape index (κ2) is 6.65. The topological polar surface area (TPSA) is 3.24 Å². The normalized spacial score (nSPS) is 10.5. The van der Waals surface area contributed by atoms with E-state index in [1.807, 2.05) is 36.4 Å². The molecule has 0 heterocycles. The molecular formula is C15H14BrCl2N. The van der Waals surface area contributed by atoms with Crippen molar-refractivity contribution in [2.75, 3.05) is 11.9 Å². The van der Waals surface area contributed by atoms with Crippen LogP contribution in [-0.2, 0) is 11.9 Å². The Morgan fingerprint density at radius 2 is 1.63 bits per heavy atom. The Morgan fingerprint density at radius 1 is 1.00 bits per heavy atom. The molecule has 19 heavy (non-hydrogen) atoms. The number of hydrogen-bond acceptors (Lipinski definition) is 1. The Balaban J connectivity index is 2.19. The lowest BCUT2D eigenvalue weighted by Crippen LogP contribution is -2.17. The molecule has 0 aliphatic heterocycles. The van der Waals surface area contributed by atoms with E-state index >= 15 is 0 Å². The summed E-state index contributed by atoms with van der Waals surface area (Å²) in [6, 6.07) is 13.9. The molecule has 0 saturated heterocycles. The lowest BCUT2D eigenvalue weighted by atomic mass is 10.1. The molecule has 1 nitrogen and oxygen atoms in total. The first kappa shape index (κ1) is 14.7. The zero-order valence-electron chi connectivity index (χ0n) is 10.5. The van der Waals surface area contributed by atoms with E-state index in [9.17, 15) is 0 Å². The molecule has 100 valence electrons. The van der Waals surface area contributed by atoms with Gasteiger partial charge in [-0.2, -0.15) is 0 Å². The van der Waals surface area contributed by atoms with E-state index in [-0.39, 0.29) is 0 Å². The average Bonchev–Trinajstić information content (AvgIpc) is 2.41. The molecule has 2 aromatic rings. The molecule has 0 aliphatic carbocycles. The van der Waals surface area contributed by atoms with Crippen LogP contribution in [0.15, 0.2) is 42.5 Å². The molecule has 0 fully saturated rings. The van der Waals surface area contributed by atoms with Gasteiger partial charge in [0.15, 0.2) is 0 Å². The van der Waals surface area contributed by atoms with Crippen molar-refractivity contribution in [1.29, 1.82) is 0 Å². The van der Waals surface area contributed by atoms with Gasteiger partial charge in [-0.3, -0.25) is 0 Å². The molecule has 0 unspecified atom stereocenters. The highest BCUT2D eigenvalue weighted by atomic mass is 79.9. The van der Waals surface area contributed by atoms with E-state index in [0.29, 0.717) is 0 Å². The third-order valence-electron chi connectivity index (χ3n) is 2.93. The van der Waals surface area contributed by atoms with Crippen LogP contribution in [0, 0.1) is 0 Å². The van der Waals surface area contributed by atoms with E-state index in [1.54, 1.807) is 0 Å². The fourth-order valence-corrected chi connectivity index (χ4v) is 2.75. The number of hydrogen-bond donors (Lipinski definition) is 0. The maximum atomic E-state index is 6.02. The van der Waals surface area contributed by atoms with E-state index in [1.165, 1.54) is 16.8 Å². The first-order chi connectivity index (χ1) is 9.10. The monoisotopic (exact) mass is 357 g/mol. The molecular weight excluding hydrogens is 345 g/mol. The van der Waals surface area contributed by atoms with Gasteiger partial charge in [-0.05, 0) is 41.5 Å². The summed E-state index contributed by atoms with van der Waals surface area (Å²) in [7, 11) is 2.07. The molecule has 0 amide bonds. The van der Waals surface area contributed by atoms with Crippen molar-refractivity contribution in [2.45, 2.75) is 11.9 Å². The van der Waals surface area contributed by atoms with Gasteiger partial charge in [-0.1, -0.05) is 51.3 Å².